The maximum Gasteiger partial charge on any atom is 0.0455 e. The van der Waals surface area contributed by atoms with Crippen molar-refractivity contribution in [2.45, 2.75) is 45.1 Å². The van der Waals surface area contributed by atoms with Gasteiger partial charge in [-0.1, -0.05) is 17.7 Å². The van der Waals surface area contributed by atoms with E-state index in [4.69, 9.17) is 17.3 Å². The van der Waals surface area contributed by atoms with Crippen molar-refractivity contribution in [1.82, 2.24) is 4.90 Å². The van der Waals surface area contributed by atoms with E-state index < -0.39 is 0 Å². The molecule has 0 atom stereocenters. The summed E-state index contributed by atoms with van der Waals surface area (Å²) in [5.74, 6) is 0.906. The molecule has 1 saturated heterocycles. The van der Waals surface area contributed by atoms with E-state index in [9.17, 15) is 0 Å². The van der Waals surface area contributed by atoms with Crippen molar-refractivity contribution >= 4 is 17.3 Å². The summed E-state index contributed by atoms with van der Waals surface area (Å²) < 4.78 is 0. The van der Waals surface area contributed by atoms with Crippen LogP contribution in [0.3, 0.4) is 0 Å². The van der Waals surface area contributed by atoms with Crippen LogP contribution in [0, 0.1) is 12.8 Å². The molecule has 23 heavy (non-hydrogen) atoms. The van der Waals surface area contributed by atoms with E-state index in [2.05, 4.69) is 34.9 Å². The molecule has 4 heteroatoms. The highest BCUT2D eigenvalue weighted by molar-refractivity contribution is 6.31. The van der Waals surface area contributed by atoms with Gasteiger partial charge in [0.05, 0.1) is 0 Å². The number of aryl methyl sites for hydroxylation is 1. The Labute approximate surface area is 145 Å². The van der Waals surface area contributed by atoms with Gasteiger partial charge in [0, 0.05) is 42.9 Å². The summed E-state index contributed by atoms with van der Waals surface area (Å²) in [5.41, 5.74) is 8.42. The number of halogens is 1. The average Bonchev–Trinajstić information content (AvgIpc) is 2.57. The molecule has 2 aliphatic rings. The smallest absolute Gasteiger partial charge is 0.0455 e. The Morgan fingerprint density at radius 2 is 1.78 bits per heavy atom. The van der Waals surface area contributed by atoms with E-state index in [-0.39, 0.29) is 0 Å². The Balaban J connectivity index is 1.42. The van der Waals surface area contributed by atoms with E-state index in [0.29, 0.717) is 6.04 Å². The number of nitrogens with zero attached hydrogens (tertiary/aromatic N) is 2. The lowest BCUT2D eigenvalue weighted by molar-refractivity contribution is 0.217. The maximum atomic E-state index is 6.26. The Morgan fingerprint density at radius 1 is 1.09 bits per heavy atom. The number of hydrogen-bond acceptors (Lipinski definition) is 3. The Hall–Kier alpha value is -0.770. The zero-order chi connectivity index (χ0) is 16.2. The molecule has 0 bridgehead atoms. The second kappa shape index (κ2) is 7.87. The van der Waals surface area contributed by atoms with Crippen molar-refractivity contribution in [3.63, 3.8) is 0 Å². The van der Waals surface area contributed by atoms with Crippen LogP contribution in [0.1, 0.15) is 37.7 Å². The van der Waals surface area contributed by atoms with Gasteiger partial charge in [0.2, 0.25) is 0 Å². The highest BCUT2D eigenvalue weighted by atomic mass is 35.5. The van der Waals surface area contributed by atoms with Crippen molar-refractivity contribution in [3.05, 3.63) is 28.8 Å². The summed E-state index contributed by atoms with van der Waals surface area (Å²) in [6, 6.07) is 6.90. The largest absolute Gasteiger partial charge is 0.369 e. The minimum atomic E-state index is 0.469. The number of anilines is 1. The molecule has 2 N–H and O–H groups in total. The standard InChI is InChI=1S/C19H30ClN3/c1-15-2-7-18(14-19(15)20)23-12-10-22(11-13-23)9-8-16-3-5-17(21)6-4-16/h2,7,14,16-17H,3-6,8-13,21H2,1H3. The minimum Gasteiger partial charge on any atom is -0.369 e. The average molecular weight is 336 g/mol. The van der Waals surface area contributed by atoms with Crippen molar-refractivity contribution in [2.24, 2.45) is 11.7 Å². The lowest BCUT2D eigenvalue weighted by Gasteiger charge is -2.37. The third-order valence-corrected chi connectivity index (χ3v) is 6.05. The predicted molar refractivity (Wildman–Crippen MR) is 99.4 cm³/mol. The van der Waals surface area contributed by atoms with Crippen LogP contribution in [0.4, 0.5) is 5.69 Å². The van der Waals surface area contributed by atoms with Crippen LogP contribution in [-0.2, 0) is 0 Å². The molecule has 1 aliphatic carbocycles. The van der Waals surface area contributed by atoms with Crippen LogP contribution in [0.15, 0.2) is 18.2 Å². The zero-order valence-corrected chi connectivity index (χ0v) is 15.1. The summed E-state index contributed by atoms with van der Waals surface area (Å²) in [6.45, 7) is 7.85. The van der Waals surface area contributed by atoms with Crippen molar-refractivity contribution in [1.29, 1.82) is 0 Å². The number of nitrogens with two attached hydrogens (primary N) is 1. The van der Waals surface area contributed by atoms with Crippen molar-refractivity contribution in [2.75, 3.05) is 37.6 Å². The van der Waals surface area contributed by atoms with E-state index in [1.54, 1.807) is 0 Å². The van der Waals surface area contributed by atoms with Gasteiger partial charge in [0.15, 0.2) is 0 Å². The fourth-order valence-corrected chi connectivity index (χ4v) is 4.02. The normalized spacial score (nSPS) is 26.5. The molecule has 0 aromatic heterocycles. The third-order valence-electron chi connectivity index (χ3n) is 5.64. The Bertz CT molecular complexity index is 503. The summed E-state index contributed by atoms with van der Waals surface area (Å²) in [6.07, 6.45) is 6.48. The van der Waals surface area contributed by atoms with Gasteiger partial charge < -0.3 is 10.6 Å². The first-order valence-electron chi connectivity index (χ1n) is 9.11. The predicted octanol–water partition coefficient (Wildman–Crippen LogP) is 3.68. The number of rotatable bonds is 4. The van der Waals surface area contributed by atoms with E-state index in [1.807, 2.05) is 0 Å². The number of hydrogen-bond donors (Lipinski definition) is 1. The molecule has 128 valence electrons. The molecule has 3 rings (SSSR count). The molecule has 0 unspecified atom stereocenters. The van der Waals surface area contributed by atoms with Gasteiger partial charge in [0.25, 0.3) is 0 Å². The third kappa shape index (κ3) is 4.62. The molecule has 1 aromatic carbocycles. The molecule has 0 amide bonds. The quantitative estimate of drug-likeness (QED) is 0.911. The fraction of sp³-hybridized carbons (Fsp3) is 0.684. The van der Waals surface area contributed by atoms with Crippen LogP contribution in [-0.4, -0.2) is 43.7 Å². The Kier molecular flexibility index (Phi) is 5.84. The van der Waals surface area contributed by atoms with Gasteiger partial charge in [0.1, 0.15) is 0 Å². The van der Waals surface area contributed by atoms with Crippen LogP contribution in [0.25, 0.3) is 0 Å². The van der Waals surface area contributed by atoms with E-state index in [0.717, 1.165) is 42.7 Å². The second-order valence-corrected chi connectivity index (χ2v) is 7.74. The highest BCUT2D eigenvalue weighted by Gasteiger charge is 2.21. The topological polar surface area (TPSA) is 32.5 Å². The van der Waals surface area contributed by atoms with Crippen LogP contribution in [0.2, 0.25) is 5.02 Å². The van der Waals surface area contributed by atoms with Gasteiger partial charge in [-0.25, -0.2) is 0 Å². The lowest BCUT2D eigenvalue weighted by atomic mass is 9.84. The van der Waals surface area contributed by atoms with Crippen LogP contribution in [0.5, 0.6) is 0 Å². The summed E-state index contributed by atoms with van der Waals surface area (Å²) >= 11 is 6.26. The van der Waals surface area contributed by atoms with Gasteiger partial charge in [-0.3, -0.25) is 4.90 Å². The highest BCUT2D eigenvalue weighted by Crippen LogP contribution is 2.27. The fourth-order valence-electron chi connectivity index (χ4n) is 3.85. The molecule has 3 nitrogen and oxygen atoms in total. The summed E-state index contributed by atoms with van der Waals surface area (Å²) in [7, 11) is 0. The molecular weight excluding hydrogens is 306 g/mol. The number of benzene rings is 1. The molecule has 1 aliphatic heterocycles. The van der Waals surface area contributed by atoms with Gasteiger partial charge in [-0.05, 0) is 69.2 Å². The first-order chi connectivity index (χ1) is 11.1. The maximum absolute atomic E-state index is 6.26. The number of piperazine rings is 1. The molecule has 1 aromatic rings. The van der Waals surface area contributed by atoms with Gasteiger partial charge in [-0.2, -0.15) is 0 Å². The van der Waals surface area contributed by atoms with Crippen molar-refractivity contribution in [3.8, 4) is 0 Å². The monoisotopic (exact) mass is 335 g/mol. The van der Waals surface area contributed by atoms with Gasteiger partial charge in [-0.15, -0.1) is 0 Å². The van der Waals surface area contributed by atoms with Crippen molar-refractivity contribution < 1.29 is 0 Å². The lowest BCUT2D eigenvalue weighted by Crippen LogP contribution is -2.47. The van der Waals surface area contributed by atoms with Crippen LogP contribution < -0.4 is 10.6 Å². The molecule has 1 heterocycles. The molecule has 2 fully saturated rings. The molecule has 0 radical (unpaired) electrons. The van der Waals surface area contributed by atoms with Crippen LogP contribution >= 0.6 is 11.6 Å². The Morgan fingerprint density at radius 3 is 2.43 bits per heavy atom. The SMILES string of the molecule is Cc1ccc(N2CCN(CCC3CCC(N)CC3)CC2)cc1Cl. The summed E-state index contributed by atoms with van der Waals surface area (Å²) in [5, 5.41) is 0.875. The first kappa shape index (κ1) is 17.1. The van der Waals surface area contributed by atoms with Gasteiger partial charge >= 0.3 is 0 Å². The molecule has 0 spiro atoms. The summed E-state index contributed by atoms with van der Waals surface area (Å²) in [4.78, 5) is 5.09. The first-order valence-corrected chi connectivity index (χ1v) is 9.48. The molecule has 1 saturated carbocycles. The zero-order valence-electron chi connectivity index (χ0n) is 14.3. The molecular formula is C19H30ClN3. The second-order valence-electron chi connectivity index (χ2n) is 7.33. The minimum absolute atomic E-state index is 0.469. The van der Waals surface area contributed by atoms with E-state index >= 15 is 0 Å². The van der Waals surface area contributed by atoms with E-state index in [1.165, 1.54) is 44.3 Å².